The number of benzene rings is 1. The van der Waals surface area contributed by atoms with E-state index >= 15 is 0 Å². The van der Waals surface area contributed by atoms with Crippen LogP contribution in [-0.2, 0) is 10.5 Å². The molecular weight excluding hydrogens is 304 g/mol. The Labute approximate surface area is 124 Å². The third kappa shape index (κ3) is 3.72. The van der Waals surface area contributed by atoms with Gasteiger partial charge in [-0.05, 0) is 42.9 Å². The van der Waals surface area contributed by atoms with Crippen LogP contribution in [0.4, 0.5) is 0 Å². The number of ether oxygens (including phenoxy) is 1. The zero-order chi connectivity index (χ0) is 13.8. The lowest BCUT2D eigenvalue weighted by Gasteiger charge is -2.06. The van der Waals surface area contributed by atoms with Gasteiger partial charge in [-0.2, -0.15) is 0 Å². The molecular formula is C13H11ClO3S2. The normalized spacial score (nSPS) is 10.6. The van der Waals surface area contributed by atoms with Gasteiger partial charge >= 0.3 is 5.63 Å². The molecule has 0 amide bonds. The average Bonchev–Trinajstić information content (AvgIpc) is 2.37. The molecule has 0 N–H and O–H groups in total. The fourth-order valence-electron chi connectivity index (χ4n) is 1.62. The summed E-state index contributed by atoms with van der Waals surface area (Å²) in [6.07, 6.45) is 0. The van der Waals surface area contributed by atoms with Crippen molar-refractivity contribution in [1.29, 1.82) is 0 Å². The van der Waals surface area contributed by atoms with Crippen molar-refractivity contribution >= 4 is 50.9 Å². The molecule has 0 aliphatic heterocycles. The van der Waals surface area contributed by atoms with Crippen LogP contribution in [-0.4, -0.2) is 11.0 Å². The van der Waals surface area contributed by atoms with Crippen molar-refractivity contribution < 1.29 is 9.15 Å². The molecule has 0 bridgehead atoms. The molecule has 0 spiro atoms. The second-order valence-corrected chi connectivity index (χ2v) is 5.72. The van der Waals surface area contributed by atoms with Crippen molar-refractivity contribution in [3.63, 3.8) is 0 Å². The summed E-state index contributed by atoms with van der Waals surface area (Å²) < 4.78 is 10.8. The second-order valence-electron chi connectivity index (χ2n) is 3.70. The first-order valence-electron chi connectivity index (χ1n) is 5.62. The van der Waals surface area contributed by atoms with E-state index in [0.717, 1.165) is 10.9 Å². The molecule has 1 aromatic heterocycles. The van der Waals surface area contributed by atoms with Crippen molar-refractivity contribution in [1.82, 2.24) is 0 Å². The summed E-state index contributed by atoms with van der Waals surface area (Å²) in [5.74, 6) is 0.543. The van der Waals surface area contributed by atoms with Crippen molar-refractivity contribution in [3.05, 3.63) is 45.3 Å². The van der Waals surface area contributed by atoms with E-state index in [0.29, 0.717) is 27.3 Å². The van der Waals surface area contributed by atoms with Gasteiger partial charge in [-0.15, -0.1) is 0 Å². The van der Waals surface area contributed by atoms with Gasteiger partial charge in [-0.3, -0.25) is 0 Å². The molecule has 0 atom stereocenters. The molecule has 6 heteroatoms. The van der Waals surface area contributed by atoms with Gasteiger partial charge in [0.1, 0.15) is 5.58 Å². The van der Waals surface area contributed by atoms with Crippen LogP contribution >= 0.6 is 35.6 Å². The van der Waals surface area contributed by atoms with Gasteiger partial charge in [0.15, 0.2) is 0 Å². The molecule has 0 saturated carbocycles. The third-order valence-corrected chi connectivity index (χ3v) is 3.91. The standard InChI is InChI=1S/C13H11ClO3S2/c1-2-16-13(18)19-7-8-5-12(15)17-11-4-3-9(14)6-10(8)11/h3-6H,2,7H2,1H3. The Balaban J connectivity index is 2.33. The molecule has 2 rings (SSSR count). The minimum atomic E-state index is -0.382. The van der Waals surface area contributed by atoms with E-state index in [4.69, 9.17) is 33.0 Å². The first-order chi connectivity index (χ1) is 9.10. The molecule has 0 unspecified atom stereocenters. The molecule has 0 aliphatic carbocycles. The Kier molecular flexibility index (Phi) is 4.85. The van der Waals surface area contributed by atoms with Crippen LogP contribution in [0.1, 0.15) is 12.5 Å². The minimum absolute atomic E-state index is 0.382. The molecule has 1 heterocycles. The van der Waals surface area contributed by atoms with E-state index < -0.39 is 0 Å². The van der Waals surface area contributed by atoms with Gasteiger partial charge in [0.2, 0.25) is 4.38 Å². The van der Waals surface area contributed by atoms with Gasteiger partial charge in [0.25, 0.3) is 0 Å². The Morgan fingerprint density at radius 3 is 3.00 bits per heavy atom. The third-order valence-electron chi connectivity index (χ3n) is 2.40. The topological polar surface area (TPSA) is 39.4 Å². The van der Waals surface area contributed by atoms with E-state index in [1.807, 2.05) is 6.92 Å². The largest absolute Gasteiger partial charge is 0.479 e. The molecule has 0 aliphatic rings. The van der Waals surface area contributed by atoms with Gasteiger partial charge < -0.3 is 9.15 Å². The molecule has 1 aromatic carbocycles. The van der Waals surface area contributed by atoms with Crippen molar-refractivity contribution in [2.24, 2.45) is 0 Å². The highest BCUT2D eigenvalue weighted by atomic mass is 35.5. The number of hydrogen-bond acceptors (Lipinski definition) is 5. The highest BCUT2D eigenvalue weighted by Crippen LogP contribution is 2.25. The molecule has 19 heavy (non-hydrogen) atoms. The summed E-state index contributed by atoms with van der Waals surface area (Å²) in [6, 6.07) is 6.61. The summed E-state index contributed by atoms with van der Waals surface area (Å²) in [6.45, 7) is 2.41. The predicted octanol–water partition coefficient (Wildman–Crippen LogP) is 4.00. The predicted molar refractivity (Wildman–Crippen MR) is 83.0 cm³/mol. The minimum Gasteiger partial charge on any atom is -0.479 e. The zero-order valence-electron chi connectivity index (χ0n) is 10.1. The highest BCUT2D eigenvalue weighted by Gasteiger charge is 2.08. The van der Waals surface area contributed by atoms with Crippen molar-refractivity contribution in [3.8, 4) is 0 Å². The van der Waals surface area contributed by atoms with E-state index in [2.05, 4.69) is 0 Å². The summed E-state index contributed by atoms with van der Waals surface area (Å²) in [5, 5.41) is 1.42. The maximum absolute atomic E-state index is 11.5. The molecule has 3 nitrogen and oxygen atoms in total. The Bertz CT molecular complexity index is 666. The molecule has 0 saturated heterocycles. The van der Waals surface area contributed by atoms with Crippen LogP contribution in [0.2, 0.25) is 5.02 Å². The summed E-state index contributed by atoms with van der Waals surface area (Å²) in [4.78, 5) is 11.5. The lowest BCUT2D eigenvalue weighted by molar-refractivity contribution is 0.346. The molecule has 0 radical (unpaired) electrons. The number of hydrogen-bond donors (Lipinski definition) is 0. The Morgan fingerprint density at radius 2 is 2.26 bits per heavy atom. The monoisotopic (exact) mass is 314 g/mol. The van der Waals surface area contributed by atoms with E-state index in [1.165, 1.54) is 17.8 Å². The average molecular weight is 315 g/mol. The van der Waals surface area contributed by atoms with Crippen LogP contribution in [0, 0.1) is 0 Å². The first kappa shape index (κ1) is 14.4. The van der Waals surface area contributed by atoms with Crippen LogP contribution < -0.4 is 5.63 Å². The maximum atomic E-state index is 11.5. The smallest absolute Gasteiger partial charge is 0.336 e. The van der Waals surface area contributed by atoms with E-state index in [9.17, 15) is 4.79 Å². The first-order valence-corrected chi connectivity index (χ1v) is 7.39. The Hall–Kier alpha value is -1.04. The van der Waals surface area contributed by atoms with Gasteiger partial charge in [-0.1, -0.05) is 23.4 Å². The fraction of sp³-hybridized carbons (Fsp3) is 0.231. The number of fused-ring (bicyclic) bond motifs is 1. The lowest BCUT2D eigenvalue weighted by Crippen LogP contribution is -2.02. The lowest BCUT2D eigenvalue weighted by atomic mass is 10.1. The summed E-state index contributed by atoms with van der Waals surface area (Å²) >= 11 is 12.4. The van der Waals surface area contributed by atoms with Crippen LogP contribution in [0.25, 0.3) is 11.0 Å². The van der Waals surface area contributed by atoms with Gasteiger partial charge in [0, 0.05) is 22.2 Å². The second kappa shape index (κ2) is 6.41. The van der Waals surface area contributed by atoms with E-state index in [1.54, 1.807) is 18.2 Å². The zero-order valence-corrected chi connectivity index (χ0v) is 12.5. The van der Waals surface area contributed by atoms with Gasteiger partial charge in [0.05, 0.1) is 6.61 Å². The Morgan fingerprint density at radius 1 is 1.47 bits per heavy atom. The van der Waals surface area contributed by atoms with Crippen LogP contribution in [0.5, 0.6) is 0 Å². The molecule has 2 aromatic rings. The summed E-state index contributed by atoms with van der Waals surface area (Å²) in [7, 11) is 0. The maximum Gasteiger partial charge on any atom is 0.336 e. The quantitative estimate of drug-likeness (QED) is 0.632. The molecule has 0 fully saturated rings. The van der Waals surface area contributed by atoms with Gasteiger partial charge in [-0.25, -0.2) is 4.79 Å². The SMILES string of the molecule is CCOC(=S)SCc1cc(=O)oc2ccc(Cl)cc12. The molecule has 100 valence electrons. The van der Waals surface area contributed by atoms with Crippen molar-refractivity contribution in [2.45, 2.75) is 12.7 Å². The number of thioether (sulfide) groups is 1. The van der Waals surface area contributed by atoms with Crippen LogP contribution in [0.15, 0.2) is 33.5 Å². The van der Waals surface area contributed by atoms with Crippen molar-refractivity contribution in [2.75, 3.05) is 6.61 Å². The summed E-state index contributed by atoms with van der Waals surface area (Å²) in [5.41, 5.74) is 0.975. The number of halogens is 1. The highest BCUT2D eigenvalue weighted by molar-refractivity contribution is 8.22. The number of rotatable bonds is 3. The fourth-order valence-corrected chi connectivity index (χ4v) is 2.80. The van der Waals surface area contributed by atoms with Crippen LogP contribution in [0.3, 0.4) is 0 Å². The van der Waals surface area contributed by atoms with E-state index in [-0.39, 0.29) is 5.63 Å². The number of thiocarbonyl (C=S) groups is 1.